The second kappa shape index (κ2) is 61.6. The van der Waals surface area contributed by atoms with E-state index in [0.29, 0.717) is 25.7 Å². The van der Waals surface area contributed by atoms with Crippen molar-refractivity contribution in [2.45, 2.75) is 375 Å². The average molecular weight is 1340 g/mol. The quantitative estimate of drug-likeness (QED) is 0.0222. The summed E-state index contributed by atoms with van der Waals surface area (Å²) in [5.74, 6) is 0.911. The SMILES string of the molecule is CCC(C)CCCCCCCCCCCCCCCCC(=O)O[C@H](COC(=O)CCCCCCCCC(C)CC)COP(=O)(O)OCC(O)COP(=O)(O)OC[C@@H](COC(=O)CCCCCCCCCCC(C)C)OC(=O)CCCCCCCCCCCC(C)C. The Morgan fingerprint density at radius 1 is 0.308 bits per heavy atom. The van der Waals surface area contributed by atoms with E-state index in [9.17, 15) is 43.2 Å². The molecule has 0 bridgehead atoms. The fourth-order valence-corrected chi connectivity index (χ4v) is 12.4. The van der Waals surface area contributed by atoms with Crippen molar-refractivity contribution in [2.24, 2.45) is 23.7 Å². The molecule has 0 radical (unpaired) electrons. The van der Waals surface area contributed by atoms with Crippen molar-refractivity contribution in [2.75, 3.05) is 39.6 Å². The standard InChI is InChI=1S/C72H140O17P2/c1-9-64(7)50-42-34-26-19-15-13-11-12-14-16-20-28-38-46-54-71(76)89-68(59-83-70(75)53-45-37-31-30-35-43-51-65(8)10-2)61-87-91(80,81)85-57-66(73)56-84-90(78,79)86-60-67(58-82-69(74)52-44-36-27-23-22-25-33-41-49-63(5)6)88-72(77)55-47-39-29-21-17-18-24-32-40-48-62(3)4/h62-68,73H,9-61H2,1-8H3,(H,78,79)(H,80,81)/t64?,65?,66?,67-,68-/m1/s1. The third-order valence-corrected chi connectivity index (χ3v) is 19.2. The molecule has 7 atom stereocenters. The number of hydrogen-bond donors (Lipinski definition) is 3. The van der Waals surface area contributed by atoms with Gasteiger partial charge in [-0.1, -0.05) is 306 Å². The lowest BCUT2D eigenvalue weighted by Gasteiger charge is -2.21. The molecule has 0 saturated heterocycles. The first-order valence-electron chi connectivity index (χ1n) is 37.3. The van der Waals surface area contributed by atoms with Crippen LogP contribution in [0.1, 0.15) is 357 Å². The average Bonchev–Trinajstić information content (AvgIpc) is 3.33. The highest BCUT2D eigenvalue weighted by Crippen LogP contribution is 2.45. The second-order valence-corrected chi connectivity index (χ2v) is 30.3. The predicted molar refractivity (Wildman–Crippen MR) is 367 cm³/mol. The van der Waals surface area contributed by atoms with E-state index in [1.54, 1.807) is 0 Å². The predicted octanol–water partition coefficient (Wildman–Crippen LogP) is 20.5. The van der Waals surface area contributed by atoms with E-state index in [2.05, 4.69) is 55.4 Å². The molecule has 5 unspecified atom stereocenters. The largest absolute Gasteiger partial charge is 0.472 e. The van der Waals surface area contributed by atoms with Crippen LogP contribution in [-0.2, 0) is 65.4 Å². The molecule has 0 rings (SSSR count). The van der Waals surface area contributed by atoms with Gasteiger partial charge in [0.25, 0.3) is 0 Å². The number of hydrogen-bond acceptors (Lipinski definition) is 15. The summed E-state index contributed by atoms with van der Waals surface area (Å²) in [4.78, 5) is 72.6. The Labute approximate surface area is 556 Å². The summed E-state index contributed by atoms with van der Waals surface area (Å²) in [6, 6.07) is 0. The van der Waals surface area contributed by atoms with Crippen molar-refractivity contribution >= 4 is 39.5 Å². The number of aliphatic hydroxyl groups excluding tert-OH is 1. The van der Waals surface area contributed by atoms with Gasteiger partial charge >= 0.3 is 39.5 Å². The van der Waals surface area contributed by atoms with E-state index < -0.39 is 97.5 Å². The van der Waals surface area contributed by atoms with Crippen molar-refractivity contribution in [1.82, 2.24) is 0 Å². The van der Waals surface area contributed by atoms with Gasteiger partial charge in [0.15, 0.2) is 12.2 Å². The number of ether oxygens (including phenoxy) is 4. The Hall–Kier alpha value is -1.94. The molecule has 19 heteroatoms. The Morgan fingerprint density at radius 2 is 0.527 bits per heavy atom. The van der Waals surface area contributed by atoms with Crippen LogP contribution in [0, 0.1) is 23.7 Å². The molecule has 3 N–H and O–H groups in total. The van der Waals surface area contributed by atoms with Crippen molar-refractivity contribution < 1.29 is 80.2 Å². The summed E-state index contributed by atoms with van der Waals surface area (Å²) in [6.45, 7) is 14.1. The topological polar surface area (TPSA) is 237 Å². The van der Waals surface area contributed by atoms with Gasteiger partial charge in [-0.3, -0.25) is 37.3 Å². The van der Waals surface area contributed by atoms with Crippen LogP contribution in [0.25, 0.3) is 0 Å². The molecule has 0 aliphatic heterocycles. The van der Waals surface area contributed by atoms with E-state index in [1.807, 2.05) is 0 Å². The van der Waals surface area contributed by atoms with E-state index >= 15 is 0 Å². The van der Waals surface area contributed by atoms with Gasteiger partial charge in [-0.05, 0) is 49.4 Å². The maximum Gasteiger partial charge on any atom is 0.472 e. The Kier molecular flexibility index (Phi) is 60.3. The van der Waals surface area contributed by atoms with Gasteiger partial charge in [0.1, 0.15) is 19.3 Å². The monoisotopic (exact) mass is 1340 g/mol. The van der Waals surface area contributed by atoms with Crippen molar-refractivity contribution in [3.05, 3.63) is 0 Å². The molecule has 0 aliphatic rings. The van der Waals surface area contributed by atoms with Crippen LogP contribution < -0.4 is 0 Å². The van der Waals surface area contributed by atoms with Gasteiger partial charge in [-0.25, -0.2) is 9.13 Å². The number of phosphoric acid groups is 2. The zero-order valence-corrected chi connectivity index (χ0v) is 61.3. The Balaban J connectivity index is 5.23. The van der Waals surface area contributed by atoms with Crippen LogP contribution in [0.5, 0.6) is 0 Å². The third kappa shape index (κ3) is 63.9. The molecule has 0 heterocycles. The number of carbonyl (C=O) groups excluding carboxylic acids is 4. The van der Waals surface area contributed by atoms with Crippen LogP contribution in [0.4, 0.5) is 0 Å². The first kappa shape index (κ1) is 89.1. The molecule has 17 nitrogen and oxygen atoms in total. The van der Waals surface area contributed by atoms with Crippen LogP contribution >= 0.6 is 15.6 Å². The molecule has 0 aliphatic carbocycles. The van der Waals surface area contributed by atoms with E-state index in [-0.39, 0.29) is 25.7 Å². The molecule has 540 valence electrons. The molecular formula is C72H140O17P2. The minimum Gasteiger partial charge on any atom is -0.462 e. The molecule has 0 amide bonds. The molecule has 0 aromatic rings. The zero-order chi connectivity index (χ0) is 67.5. The molecule has 0 saturated carbocycles. The third-order valence-electron chi connectivity index (χ3n) is 17.3. The lowest BCUT2D eigenvalue weighted by molar-refractivity contribution is -0.161. The maximum absolute atomic E-state index is 13.0. The summed E-state index contributed by atoms with van der Waals surface area (Å²) < 4.78 is 68.3. The number of aliphatic hydroxyl groups is 1. The highest BCUT2D eigenvalue weighted by Gasteiger charge is 2.30. The highest BCUT2D eigenvalue weighted by atomic mass is 31.2. The number of esters is 4. The van der Waals surface area contributed by atoms with Gasteiger partial charge in [-0.2, -0.15) is 0 Å². The second-order valence-electron chi connectivity index (χ2n) is 27.4. The first-order valence-corrected chi connectivity index (χ1v) is 40.3. The molecule has 0 spiro atoms. The lowest BCUT2D eigenvalue weighted by Crippen LogP contribution is -2.30. The Bertz CT molecular complexity index is 1800. The molecule has 91 heavy (non-hydrogen) atoms. The summed E-state index contributed by atoms with van der Waals surface area (Å²) in [5.41, 5.74) is 0. The normalized spacial score (nSPS) is 14.8. The van der Waals surface area contributed by atoms with E-state index in [0.717, 1.165) is 120 Å². The van der Waals surface area contributed by atoms with Gasteiger partial charge in [0.05, 0.1) is 26.4 Å². The van der Waals surface area contributed by atoms with Crippen LogP contribution in [-0.4, -0.2) is 96.7 Å². The highest BCUT2D eigenvalue weighted by molar-refractivity contribution is 7.47. The van der Waals surface area contributed by atoms with Gasteiger partial charge in [0, 0.05) is 25.7 Å². The minimum absolute atomic E-state index is 0.104. The molecule has 0 aromatic heterocycles. The van der Waals surface area contributed by atoms with Crippen molar-refractivity contribution in [3.63, 3.8) is 0 Å². The van der Waals surface area contributed by atoms with Crippen LogP contribution in [0.3, 0.4) is 0 Å². The number of rotatable bonds is 69. The van der Waals surface area contributed by atoms with Crippen LogP contribution in [0.15, 0.2) is 0 Å². The summed E-state index contributed by atoms with van der Waals surface area (Å²) in [5, 5.41) is 10.6. The van der Waals surface area contributed by atoms with Gasteiger partial charge in [-0.15, -0.1) is 0 Å². The zero-order valence-electron chi connectivity index (χ0n) is 59.5. The van der Waals surface area contributed by atoms with Crippen molar-refractivity contribution in [3.8, 4) is 0 Å². The van der Waals surface area contributed by atoms with Crippen molar-refractivity contribution in [1.29, 1.82) is 0 Å². The van der Waals surface area contributed by atoms with E-state index in [4.69, 9.17) is 37.0 Å². The fraction of sp³-hybridized carbons (Fsp3) is 0.944. The van der Waals surface area contributed by atoms with Gasteiger partial charge < -0.3 is 33.8 Å². The fourth-order valence-electron chi connectivity index (χ4n) is 10.8. The summed E-state index contributed by atoms with van der Waals surface area (Å²) in [6.07, 6.45) is 44.5. The maximum atomic E-state index is 13.0. The number of carbonyl (C=O) groups is 4. The lowest BCUT2D eigenvalue weighted by atomic mass is 9.99. The smallest absolute Gasteiger partial charge is 0.462 e. The number of phosphoric ester groups is 2. The Morgan fingerprint density at radius 3 is 0.780 bits per heavy atom. The first-order chi connectivity index (χ1) is 43.7. The summed E-state index contributed by atoms with van der Waals surface area (Å²) in [7, 11) is -9.91. The minimum atomic E-state index is -4.95. The van der Waals surface area contributed by atoms with Gasteiger partial charge in [0.2, 0.25) is 0 Å². The molecule has 0 fully saturated rings. The van der Waals surface area contributed by atoms with Crippen LogP contribution in [0.2, 0.25) is 0 Å². The number of unbranched alkanes of at least 4 members (excludes halogenated alkanes) is 33. The summed E-state index contributed by atoms with van der Waals surface area (Å²) >= 11 is 0. The van der Waals surface area contributed by atoms with E-state index in [1.165, 1.54) is 154 Å². The molecular weight excluding hydrogens is 1200 g/mol. The molecule has 0 aromatic carbocycles.